The van der Waals surface area contributed by atoms with Gasteiger partial charge in [0.25, 0.3) is 0 Å². The van der Waals surface area contributed by atoms with Crippen molar-refractivity contribution >= 4 is 10.0 Å². The third kappa shape index (κ3) is 3.20. The van der Waals surface area contributed by atoms with Gasteiger partial charge in [-0.25, -0.2) is 12.7 Å². The maximum atomic E-state index is 12.4. The lowest BCUT2D eigenvalue weighted by molar-refractivity contribution is 0.395. The van der Waals surface area contributed by atoms with Gasteiger partial charge < -0.3 is 5.32 Å². The Morgan fingerprint density at radius 3 is 2.41 bits per heavy atom. The lowest BCUT2D eigenvalue weighted by Crippen LogP contribution is -2.43. The van der Waals surface area contributed by atoms with Crippen molar-refractivity contribution in [3.63, 3.8) is 0 Å². The van der Waals surface area contributed by atoms with Crippen molar-refractivity contribution in [2.75, 3.05) is 20.1 Å². The molecule has 0 aromatic rings. The molecule has 1 heterocycles. The Morgan fingerprint density at radius 2 is 1.82 bits per heavy atom. The molecule has 0 bridgehead atoms. The number of nitrogens with one attached hydrogen (secondary N) is 1. The molecule has 1 aliphatic heterocycles. The minimum atomic E-state index is -3.06. The molecule has 1 saturated carbocycles. The largest absolute Gasteiger partial charge is 0.313 e. The average molecular weight is 260 g/mol. The first-order valence-electron chi connectivity index (χ1n) is 6.79. The van der Waals surface area contributed by atoms with E-state index in [1.165, 1.54) is 12.8 Å². The first kappa shape index (κ1) is 13.3. The van der Waals surface area contributed by atoms with Crippen LogP contribution in [-0.2, 0) is 10.0 Å². The van der Waals surface area contributed by atoms with Crippen LogP contribution in [0.25, 0.3) is 0 Å². The van der Waals surface area contributed by atoms with Crippen LogP contribution in [0.2, 0.25) is 0 Å². The quantitative estimate of drug-likeness (QED) is 0.829. The van der Waals surface area contributed by atoms with Gasteiger partial charge in [0.15, 0.2) is 0 Å². The number of likely N-dealkylation sites (N-methyl/N-ethyl adjacent to an activating group) is 1. The topological polar surface area (TPSA) is 49.4 Å². The molecule has 1 saturated heterocycles. The monoisotopic (exact) mass is 260 g/mol. The van der Waals surface area contributed by atoms with E-state index < -0.39 is 10.0 Å². The Kier molecular flexibility index (Phi) is 4.44. The van der Waals surface area contributed by atoms with Crippen LogP contribution in [0.4, 0.5) is 0 Å². The molecule has 2 fully saturated rings. The van der Waals surface area contributed by atoms with Crippen LogP contribution in [0.1, 0.15) is 44.9 Å². The predicted octanol–water partition coefficient (Wildman–Crippen LogP) is 1.33. The molecule has 1 unspecified atom stereocenters. The molecule has 0 spiro atoms. The van der Waals surface area contributed by atoms with Crippen molar-refractivity contribution in [3.05, 3.63) is 0 Å². The van der Waals surface area contributed by atoms with Gasteiger partial charge in [0.2, 0.25) is 10.0 Å². The van der Waals surface area contributed by atoms with Crippen LogP contribution in [0.3, 0.4) is 0 Å². The molecule has 0 aromatic carbocycles. The molecule has 0 radical (unpaired) electrons. The summed E-state index contributed by atoms with van der Waals surface area (Å²) < 4.78 is 26.3. The zero-order valence-electron chi connectivity index (χ0n) is 10.7. The van der Waals surface area contributed by atoms with E-state index in [2.05, 4.69) is 5.32 Å². The second-order valence-electron chi connectivity index (χ2n) is 5.38. The van der Waals surface area contributed by atoms with E-state index in [0.29, 0.717) is 12.6 Å². The highest BCUT2D eigenvalue weighted by Crippen LogP contribution is 2.25. The number of hydrogen-bond acceptors (Lipinski definition) is 3. The summed E-state index contributed by atoms with van der Waals surface area (Å²) in [5.74, 6) is 0. The number of sulfonamides is 1. The third-order valence-electron chi connectivity index (χ3n) is 4.05. The maximum absolute atomic E-state index is 12.4. The van der Waals surface area contributed by atoms with Crippen molar-refractivity contribution in [1.82, 2.24) is 9.62 Å². The molecule has 1 atom stereocenters. The highest BCUT2D eigenvalue weighted by atomic mass is 32.2. The third-order valence-corrected chi connectivity index (χ3v) is 6.38. The smallest absolute Gasteiger partial charge is 0.216 e. The summed E-state index contributed by atoms with van der Waals surface area (Å²) in [6.45, 7) is 1.67. The van der Waals surface area contributed by atoms with Crippen LogP contribution in [-0.4, -0.2) is 44.2 Å². The van der Waals surface area contributed by atoms with Crippen LogP contribution in [0, 0.1) is 0 Å². The Labute approximate surface area is 105 Å². The van der Waals surface area contributed by atoms with E-state index in [9.17, 15) is 8.42 Å². The zero-order valence-corrected chi connectivity index (χ0v) is 11.5. The van der Waals surface area contributed by atoms with E-state index >= 15 is 0 Å². The number of hydrogen-bond donors (Lipinski definition) is 1. The fourth-order valence-corrected chi connectivity index (χ4v) is 4.77. The van der Waals surface area contributed by atoms with Crippen LogP contribution < -0.4 is 5.32 Å². The highest BCUT2D eigenvalue weighted by Gasteiger charge is 2.32. The van der Waals surface area contributed by atoms with Crippen LogP contribution >= 0.6 is 0 Å². The van der Waals surface area contributed by atoms with Gasteiger partial charge in [-0.2, -0.15) is 0 Å². The maximum Gasteiger partial charge on any atom is 0.216 e. The first-order valence-corrected chi connectivity index (χ1v) is 8.29. The Bertz CT molecular complexity index is 330. The van der Waals surface area contributed by atoms with Gasteiger partial charge in [0.1, 0.15) is 0 Å². The summed E-state index contributed by atoms with van der Waals surface area (Å²) in [6.07, 6.45) is 7.31. The van der Waals surface area contributed by atoms with E-state index in [4.69, 9.17) is 0 Å². The summed E-state index contributed by atoms with van der Waals surface area (Å²) in [7, 11) is -1.32. The Hall–Kier alpha value is -0.130. The molecule has 2 aliphatic rings. The molecule has 100 valence electrons. The summed E-state index contributed by atoms with van der Waals surface area (Å²) in [5, 5.41) is 3.23. The molecule has 5 heteroatoms. The van der Waals surface area contributed by atoms with Crippen molar-refractivity contribution in [1.29, 1.82) is 0 Å². The molecule has 4 nitrogen and oxygen atoms in total. The van der Waals surface area contributed by atoms with Gasteiger partial charge in [-0.05, 0) is 32.2 Å². The highest BCUT2D eigenvalue weighted by molar-refractivity contribution is 7.89. The fraction of sp³-hybridized carbons (Fsp3) is 1.00. The SMILES string of the molecule is CN(CC1CCCN1)S(=O)(=O)C1CCCCC1. The summed E-state index contributed by atoms with van der Waals surface area (Å²) in [6, 6.07) is 0.360. The minimum absolute atomic E-state index is 0.123. The standard InChI is InChI=1S/C12H24N2O2S/c1-14(10-11-6-5-9-13-11)17(15,16)12-7-3-2-4-8-12/h11-13H,2-10H2,1H3. The van der Waals surface area contributed by atoms with Crippen LogP contribution in [0.15, 0.2) is 0 Å². The van der Waals surface area contributed by atoms with Gasteiger partial charge in [0, 0.05) is 19.6 Å². The van der Waals surface area contributed by atoms with Crippen molar-refractivity contribution in [2.45, 2.75) is 56.2 Å². The lowest BCUT2D eigenvalue weighted by Gasteiger charge is -2.28. The number of rotatable bonds is 4. The Balaban J connectivity index is 1.93. The second-order valence-corrected chi connectivity index (χ2v) is 7.70. The summed E-state index contributed by atoms with van der Waals surface area (Å²) in [4.78, 5) is 0. The van der Waals surface area contributed by atoms with Gasteiger partial charge in [-0.3, -0.25) is 0 Å². The first-order chi connectivity index (χ1) is 8.10. The van der Waals surface area contributed by atoms with Crippen LogP contribution in [0.5, 0.6) is 0 Å². The molecule has 1 aliphatic carbocycles. The van der Waals surface area contributed by atoms with Gasteiger partial charge in [0.05, 0.1) is 5.25 Å². The molecule has 17 heavy (non-hydrogen) atoms. The van der Waals surface area contributed by atoms with Gasteiger partial charge >= 0.3 is 0 Å². The molecule has 1 N–H and O–H groups in total. The molecular weight excluding hydrogens is 236 g/mol. The molecular formula is C12H24N2O2S. The Morgan fingerprint density at radius 1 is 1.12 bits per heavy atom. The lowest BCUT2D eigenvalue weighted by atomic mass is 10.0. The van der Waals surface area contributed by atoms with Crippen molar-refractivity contribution < 1.29 is 8.42 Å². The molecule has 2 rings (SSSR count). The van der Waals surface area contributed by atoms with Crippen molar-refractivity contribution in [2.24, 2.45) is 0 Å². The average Bonchev–Trinajstić information content (AvgIpc) is 2.83. The zero-order chi connectivity index (χ0) is 12.3. The fourth-order valence-electron chi connectivity index (χ4n) is 2.94. The molecule has 0 aromatic heterocycles. The second kappa shape index (κ2) is 5.67. The normalized spacial score (nSPS) is 27.8. The van der Waals surface area contributed by atoms with E-state index in [0.717, 1.165) is 38.6 Å². The van der Waals surface area contributed by atoms with Crippen molar-refractivity contribution in [3.8, 4) is 0 Å². The minimum Gasteiger partial charge on any atom is -0.313 e. The summed E-state index contributed by atoms with van der Waals surface area (Å²) in [5.41, 5.74) is 0. The van der Waals surface area contributed by atoms with Gasteiger partial charge in [-0.1, -0.05) is 19.3 Å². The van der Waals surface area contributed by atoms with E-state index in [1.54, 1.807) is 11.4 Å². The predicted molar refractivity (Wildman–Crippen MR) is 69.4 cm³/mol. The van der Waals surface area contributed by atoms with Gasteiger partial charge in [-0.15, -0.1) is 0 Å². The number of nitrogens with zero attached hydrogens (tertiary/aromatic N) is 1. The van der Waals surface area contributed by atoms with E-state index in [-0.39, 0.29) is 5.25 Å². The van der Waals surface area contributed by atoms with E-state index in [1.807, 2.05) is 0 Å². The molecule has 0 amide bonds. The summed E-state index contributed by atoms with van der Waals surface area (Å²) >= 11 is 0.